The van der Waals surface area contributed by atoms with Gasteiger partial charge in [-0.15, -0.1) is 0 Å². The molecule has 0 saturated carbocycles. The molecule has 150 valence electrons. The minimum atomic E-state index is 0.856. The summed E-state index contributed by atoms with van der Waals surface area (Å²) in [6.07, 6.45) is 19.0. The Morgan fingerprint density at radius 2 is 1.82 bits per heavy atom. The molecule has 0 radical (unpaired) electrons. The number of methoxy groups -OCH3 is 1. The molecule has 0 saturated heterocycles. The van der Waals surface area contributed by atoms with Crippen molar-refractivity contribution < 1.29 is 4.74 Å². The van der Waals surface area contributed by atoms with Crippen molar-refractivity contribution >= 4 is 5.69 Å². The molecule has 0 aromatic heterocycles. The lowest BCUT2D eigenvalue weighted by atomic mass is 10.1. The van der Waals surface area contributed by atoms with Gasteiger partial charge in [-0.05, 0) is 62.9 Å². The van der Waals surface area contributed by atoms with Crippen LogP contribution in [0.2, 0.25) is 0 Å². The molecule has 0 N–H and O–H groups in total. The van der Waals surface area contributed by atoms with E-state index in [0.29, 0.717) is 0 Å². The minimum absolute atomic E-state index is 0.856. The second-order valence-corrected chi connectivity index (χ2v) is 6.30. The van der Waals surface area contributed by atoms with Gasteiger partial charge in [0.2, 0.25) is 0 Å². The highest BCUT2D eigenvalue weighted by atomic mass is 16.5. The highest BCUT2D eigenvalue weighted by molar-refractivity contribution is 5.61. The molecule has 0 unspecified atom stereocenters. The number of rotatable bonds is 7. The summed E-state index contributed by atoms with van der Waals surface area (Å²) in [7, 11) is 1.69. The lowest BCUT2D eigenvalue weighted by Crippen LogP contribution is -2.20. The van der Waals surface area contributed by atoms with Gasteiger partial charge in [-0.2, -0.15) is 0 Å². The second kappa shape index (κ2) is 13.4. The predicted molar refractivity (Wildman–Crippen MR) is 125 cm³/mol. The van der Waals surface area contributed by atoms with E-state index in [-0.39, 0.29) is 0 Å². The van der Waals surface area contributed by atoms with Crippen LogP contribution in [0.25, 0.3) is 0 Å². The summed E-state index contributed by atoms with van der Waals surface area (Å²) in [5.41, 5.74) is 4.48. The molecular weight excluding hydrogens is 342 g/mol. The Morgan fingerprint density at radius 1 is 1.11 bits per heavy atom. The van der Waals surface area contributed by atoms with Gasteiger partial charge in [0.25, 0.3) is 0 Å². The van der Waals surface area contributed by atoms with Crippen LogP contribution in [0.4, 0.5) is 5.69 Å². The molecule has 2 heteroatoms. The number of anilines is 1. The molecule has 0 atom stereocenters. The lowest BCUT2D eigenvalue weighted by Gasteiger charge is -2.29. The normalized spacial score (nSPS) is 17.3. The summed E-state index contributed by atoms with van der Waals surface area (Å²) in [6, 6.07) is 8.15. The Hall–Kier alpha value is -2.74. The van der Waals surface area contributed by atoms with Gasteiger partial charge in [0.05, 0.1) is 7.11 Å². The molecule has 0 bridgehead atoms. The molecule has 1 aliphatic rings. The first kappa shape index (κ1) is 23.3. The highest BCUT2D eigenvalue weighted by Crippen LogP contribution is 2.30. The van der Waals surface area contributed by atoms with E-state index in [2.05, 4.69) is 67.5 Å². The van der Waals surface area contributed by atoms with E-state index in [4.69, 9.17) is 4.74 Å². The van der Waals surface area contributed by atoms with Gasteiger partial charge in [-0.25, -0.2) is 0 Å². The van der Waals surface area contributed by atoms with Crippen LogP contribution in [-0.2, 0) is 0 Å². The van der Waals surface area contributed by atoms with Crippen LogP contribution in [0.3, 0.4) is 0 Å². The van der Waals surface area contributed by atoms with Crippen molar-refractivity contribution in [2.24, 2.45) is 0 Å². The van der Waals surface area contributed by atoms with Gasteiger partial charge < -0.3 is 9.64 Å². The van der Waals surface area contributed by atoms with E-state index in [1.165, 1.54) is 5.70 Å². The molecule has 0 fully saturated rings. The maximum Gasteiger partial charge on any atom is 0.119 e. The fourth-order valence-corrected chi connectivity index (χ4v) is 2.92. The van der Waals surface area contributed by atoms with Crippen molar-refractivity contribution in [3.8, 4) is 5.75 Å². The van der Waals surface area contributed by atoms with Crippen LogP contribution >= 0.6 is 0 Å². The number of ether oxygens (including phenoxy) is 1. The molecule has 1 aliphatic carbocycles. The Labute approximate surface area is 171 Å². The zero-order chi connectivity index (χ0) is 20.8. The molecule has 0 spiro atoms. The first-order valence-electron chi connectivity index (χ1n) is 10.1. The molecule has 28 heavy (non-hydrogen) atoms. The first-order valence-corrected chi connectivity index (χ1v) is 10.1. The van der Waals surface area contributed by atoms with Crippen LogP contribution in [0.5, 0.6) is 5.75 Å². The molecule has 1 aromatic carbocycles. The first-order chi connectivity index (χ1) is 13.7. The fraction of sp³-hybridized carbons (Fsp3) is 0.308. The smallest absolute Gasteiger partial charge is 0.119 e. The topological polar surface area (TPSA) is 12.5 Å². The monoisotopic (exact) mass is 377 g/mol. The third kappa shape index (κ3) is 7.48. The maximum atomic E-state index is 5.30. The molecular formula is C26H35NO. The van der Waals surface area contributed by atoms with Gasteiger partial charge in [0, 0.05) is 17.1 Å². The van der Waals surface area contributed by atoms with Crippen molar-refractivity contribution in [1.29, 1.82) is 0 Å². The minimum Gasteiger partial charge on any atom is -0.497 e. The average Bonchev–Trinajstić information content (AvgIpc) is 2.70. The van der Waals surface area contributed by atoms with Crippen LogP contribution in [0.15, 0.2) is 96.9 Å². The van der Waals surface area contributed by atoms with Crippen molar-refractivity contribution in [1.82, 2.24) is 0 Å². The Kier molecular flexibility index (Phi) is 11.2. The van der Waals surface area contributed by atoms with Gasteiger partial charge in [0.1, 0.15) is 5.75 Å². The number of allylic oxidation sites excluding steroid dienone is 9. The standard InChI is InChI=1S/C24H29NO.C2H6/c1-5-11-20(2)14-15-21(3)25(22-12-9-7-6-8-10-13-22)23-16-18-24(26-4)19-17-23;1-2/h5-7,11-12,14-19H,1,3,8-10,13H2,2,4H3;1-2H3/b7-6-,15-14-,20-11-,22-12+;. The number of benzene rings is 1. The summed E-state index contributed by atoms with van der Waals surface area (Å²) in [4.78, 5) is 2.25. The zero-order valence-electron chi connectivity index (χ0n) is 17.9. The van der Waals surface area contributed by atoms with Crippen LogP contribution < -0.4 is 9.64 Å². The molecule has 0 amide bonds. The van der Waals surface area contributed by atoms with E-state index in [0.717, 1.165) is 48.4 Å². The van der Waals surface area contributed by atoms with Crippen molar-refractivity contribution in [3.63, 3.8) is 0 Å². The summed E-state index contributed by atoms with van der Waals surface area (Å²) in [5.74, 6) is 0.856. The Balaban J connectivity index is 0.00000190. The summed E-state index contributed by atoms with van der Waals surface area (Å²) in [6.45, 7) is 14.1. The van der Waals surface area contributed by atoms with E-state index in [1.807, 2.05) is 32.1 Å². The summed E-state index contributed by atoms with van der Waals surface area (Å²) < 4.78 is 5.30. The SMILES string of the molecule is C=C/C=C(C)\C=C/C(=C)N(/C1=C/C/C=C\CCC1)c1ccc(OC)cc1.CC. The number of hydrogen-bond donors (Lipinski definition) is 0. The Morgan fingerprint density at radius 3 is 2.46 bits per heavy atom. The van der Waals surface area contributed by atoms with E-state index in [1.54, 1.807) is 13.2 Å². The van der Waals surface area contributed by atoms with Gasteiger partial charge in [-0.3, -0.25) is 0 Å². The molecule has 2 nitrogen and oxygen atoms in total. The van der Waals surface area contributed by atoms with Gasteiger partial charge >= 0.3 is 0 Å². The highest BCUT2D eigenvalue weighted by Gasteiger charge is 2.14. The summed E-state index contributed by atoms with van der Waals surface area (Å²) >= 11 is 0. The van der Waals surface area contributed by atoms with E-state index < -0.39 is 0 Å². The predicted octanol–water partition coefficient (Wildman–Crippen LogP) is 7.74. The van der Waals surface area contributed by atoms with Crippen molar-refractivity contribution in [3.05, 3.63) is 96.9 Å². The third-order valence-corrected chi connectivity index (χ3v) is 4.28. The maximum absolute atomic E-state index is 5.30. The van der Waals surface area contributed by atoms with E-state index in [9.17, 15) is 0 Å². The zero-order valence-corrected chi connectivity index (χ0v) is 17.9. The van der Waals surface area contributed by atoms with Crippen LogP contribution in [-0.4, -0.2) is 7.11 Å². The van der Waals surface area contributed by atoms with Gasteiger partial charge in [-0.1, -0.05) is 69.0 Å². The molecule has 0 aliphatic heterocycles. The molecule has 2 rings (SSSR count). The Bertz CT molecular complexity index is 732. The van der Waals surface area contributed by atoms with E-state index >= 15 is 0 Å². The van der Waals surface area contributed by atoms with Crippen molar-refractivity contribution in [2.75, 3.05) is 12.0 Å². The summed E-state index contributed by atoms with van der Waals surface area (Å²) in [5, 5.41) is 0. The molecule has 0 heterocycles. The molecule has 1 aromatic rings. The van der Waals surface area contributed by atoms with Crippen LogP contribution in [0, 0.1) is 0 Å². The number of hydrogen-bond acceptors (Lipinski definition) is 2. The average molecular weight is 378 g/mol. The third-order valence-electron chi connectivity index (χ3n) is 4.28. The second-order valence-electron chi connectivity index (χ2n) is 6.30. The fourth-order valence-electron chi connectivity index (χ4n) is 2.92. The largest absolute Gasteiger partial charge is 0.497 e. The van der Waals surface area contributed by atoms with Gasteiger partial charge in [0.15, 0.2) is 0 Å². The van der Waals surface area contributed by atoms with Crippen LogP contribution in [0.1, 0.15) is 46.5 Å². The quantitative estimate of drug-likeness (QED) is 0.356. The number of nitrogens with zero attached hydrogens (tertiary/aromatic N) is 1. The lowest BCUT2D eigenvalue weighted by molar-refractivity contribution is 0.415. The van der Waals surface area contributed by atoms with Crippen molar-refractivity contribution in [2.45, 2.75) is 46.5 Å².